The molecule has 2 amide bonds. The van der Waals surface area contributed by atoms with Gasteiger partial charge in [0.25, 0.3) is 0 Å². The van der Waals surface area contributed by atoms with Crippen LogP contribution in [0.2, 0.25) is 0 Å². The molecule has 1 aromatic carbocycles. The summed E-state index contributed by atoms with van der Waals surface area (Å²) in [5, 5.41) is 0. The Kier molecular flexibility index (Phi) is 6.63. The maximum absolute atomic E-state index is 12.7. The summed E-state index contributed by atoms with van der Waals surface area (Å²) >= 11 is 0. The van der Waals surface area contributed by atoms with E-state index in [1.807, 2.05) is 42.5 Å². The molecule has 1 saturated heterocycles. The molecule has 0 saturated carbocycles. The van der Waals surface area contributed by atoms with Crippen LogP contribution in [0.1, 0.15) is 24.6 Å². The van der Waals surface area contributed by atoms with E-state index in [4.69, 9.17) is 4.74 Å². The lowest BCUT2D eigenvalue weighted by Gasteiger charge is -2.22. The van der Waals surface area contributed by atoms with Crippen molar-refractivity contribution < 1.29 is 14.3 Å². The van der Waals surface area contributed by atoms with Gasteiger partial charge >= 0.3 is 0 Å². The molecule has 0 N–H and O–H groups in total. The summed E-state index contributed by atoms with van der Waals surface area (Å²) in [7, 11) is 1.77. The van der Waals surface area contributed by atoms with Gasteiger partial charge in [-0.2, -0.15) is 0 Å². The van der Waals surface area contributed by atoms with E-state index in [0.717, 1.165) is 23.4 Å². The fraction of sp³-hybridized carbons (Fsp3) is 0.409. The van der Waals surface area contributed by atoms with Gasteiger partial charge in [0, 0.05) is 26.2 Å². The number of benzene rings is 1. The first-order chi connectivity index (χ1) is 13.6. The topological polar surface area (TPSA) is 62.7 Å². The summed E-state index contributed by atoms with van der Waals surface area (Å²) in [5.74, 6) is 0.558. The highest BCUT2D eigenvalue weighted by Crippen LogP contribution is 2.22. The normalized spacial score (nSPS) is 16.3. The zero-order chi connectivity index (χ0) is 19.9. The fourth-order valence-electron chi connectivity index (χ4n) is 3.43. The number of ether oxygens (including phenoxy) is 1. The Balaban J connectivity index is 1.49. The van der Waals surface area contributed by atoms with Gasteiger partial charge in [0.05, 0.1) is 24.7 Å². The van der Waals surface area contributed by atoms with E-state index in [0.29, 0.717) is 26.2 Å². The molecule has 0 radical (unpaired) electrons. The van der Waals surface area contributed by atoms with Crippen LogP contribution >= 0.6 is 0 Å². The van der Waals surface area contributed by atoms with Crippen molar-refractivity contribution in [2.45, 2.75) is 26.3 Å². The SMILES string of the molecule is CCc1ccccc1OCCN(C)C(=O)[C@H]1CC(=O)N(Cc2ccccn2)C1. The molecule has 1 fully saturated rings. The number of likely N-dealkylation sites (tertiary alicyclic amines) is 1. The highest BCUT2D eigenvalue weighted by Gasteiger charge is 2.35. The number of amides is 2. The van der Waals surface area contributed by atoms with E-state index in [1.165, 1.54) is 0 Å². The summed E-state index contributed by atoms with van der Waals surface area (Å²) < 4.78 is 5.85. The zero-order valence-corrected chi connectivity index (χ0v) is 16.5. The third-order valence-corrected chi connectivity index (χ3v) is 5.06. The average molecular weight is 381 g/mol. The number of para-hydroxylation sites is 1. The standard InChI is InChI=1S/C22H27N3O3/c1-3-17-8-4-5-10-20(17)28-13-12-24(2)22(27)18-14-21(26)25(15-18)16-19-9-6-7-11-23-19/h4-11,18H,3,12-16H2,1-2H3/t18-/m0/s1. The van der Waals surface area contributed by atoms with Crippen molar-refractivity contribution in [2.75, 3.05) is 26.7 Å². The zero-order valence-electron chi connectivity index (χ0n) is 16.5. The van der Waals surface area contributed by atoms with E-state index in [2.05, 4.69) is 11.9 Å². The van der Waals surface area contributed by atoms with E-state index in [-0.39, 0.29) is 24.2 Å². The minimum Gasteiger partial charge on any atom is -0.491 e. The molecule has 1 aliphatic heterocycles. The molecule has 0 bridgehead atoms. The number of nitrogens with zero attached hydrogens (tertiary/aromatic N) is 3. The van der Waals surface area contributed by atoms with E-state index < -0.39 is 0 Å². The van der Waals surface area contributed by atoms with Gasteiger partial charge in [0.15, 0.2) is 0 Å². The first-order valence-electron chi connectivity index (χ1n) is 9.71. The third kappa shape index (κ3) is 4.88. The van der Waals surface area contributed by atoms with Crippen LogP contribution in [-0.2, 0) is 22.6 Å². The third-order valence-electron chi connectivity index (χ3n) is 5.06. The summed E-state index contributed by atoms with van der Waals surface area (Å²) in [4.78, 5) is 32.7. The number of likely N-dealkylation sites (N-methyl/N-ethyl adjacent to an activating group) is 1. The number of carbonyl (C=O) groups is 2. The van der Waals surface area contributed by atoms with Crippen LogP contribution in [0, 0.1) is 5.92 Å². The lowest BCUT2D eigenvalue weighted by atomic mass is 10.1. The van der Waals surface area contributed by atoms with E-state index in [1.54, 1.807) is 23.0 Å². The second-order valence-electron chi connectivity index (χ2n) is 7.07. The maximum atomic E-state index is 12.7. The van der Waals surface area contributed by atoms with Crippen LogP contribution in [0.5, 0.6) is 5.75 Å². The summed E-state index contributed by atoms with van der Waals surface area (Å²) in [6.07, 6.45) is 2.87. The Morgan fingerprint density at radius 3 is 2.79 bits per heavy atom. The van der Waals surface area contributed by atoms with Gasteiger partial charge in [-0.1, -0.05) is 31.2 Å². The van der Waals surface area contributed by atoms with Gasteiger partial charge in [0.2, 0.25) is 11.8 Å². The first-order valence-corrected chi connectivity index (χ1v) is 9.71. The number of rotatable bonds is 8. The molecule has 2 heterocycles. The van der Waals surface area contributed by atoms with Gasteiger partial charge in [-0.05, 0) is 30.2 Å². The largest absolute Gasteiger partial charge is 0.491 e. The highest BCUT2D eigenvalue weighted by molar-refractivity contribution is 5.89. The molecule has 6 nitrogen and oxygen atoms in total. The molecule has 6 heteroatoms. The molecule has 0 aliphatic carbocycles. The van der Waals surface area contributed by atoms with Crippen LogP contribution in [-0.4, -0.2) is 53.3 Å². The van der Waals surface area contributed by atoms with Crippen molar-refractivity contribution in [2.24, 2.45) is 5.92 Å². The van der Waals surface area contributed by atoms with Crippen LogP contribution in [0.3, 0.4) is 0 Å². The summed E-state index contributed by atoms with van der Waals surface area (Å²) in [6, 6.07) is 13.6. The molecule has 1 aliphatic rings. The maximum Gasteiger partial charge on any atom is 0.227 e. The van der Waals surface area contributed by atoms with Crippen molar-refractivity contribution in [3.8, 4) is 5.75 Å². The molecule has 1 atom stereocenters. The molecule has 1 aromatic heterocycles. The van der Waals surface area contributed by atoms with Gasteiger partial charge in [0.1, 0.15) is 12.4 Å². The van der Waals surface area contributed by atoms with Gasteiger partial charge in [-0.3, -0.25) is 14.6 Å². The Hall–Kier alpha value is -2.89. The van der Waals surface area contributed by atoms with Crippen molar-refractivity contribution >= 4 is 11.8 Å². The minimum atomic E-state index is -0.302. The molecule has 148 valence electrons. The van der Waals surface area contributed by atoms with Crippen molar-refractivity contribution in [3.63, 3.8) is 0 Å². The van der Waals surface area contributed by atoms with Crippen LogP contribution in [0.4, 0.5) is 0 Å². The Morgan fingerprint density at radius 2 is 2.04 bits per heavy atom. The Labute approximate surface area is 166 Å². The lowest BCUT2D eigenvalue weighted by Crippen LogP contribution is -2.37. The first kappa shape index (κ1) is 19.9. The van der Waals surface area contributed by atoms with Crippen molar-refractivity contribution in [1.29, 1.82) is 0 Å². The second-order valence-corrected chi connectivity index (χ2v) is 7.07. The van der Waals surface area contributed by atoms with Crippen LogP contribution < -0.4 is 4.74 Å². The predicted octanol–water partition coefficient (Wildman–Crippen LogP) is 2.53. The quantitative estimate of drug-likeness (QED) is 0.705. The number of hydrogen-bond acceptors (Lipinski definition) is 4. The number of aromatic nitrogens is 1. The number of hydrogen-bond donors (Lipinski definition) is 0. The Morgan fingerprint density at radius 1 is 1.25 bits per heavy atom. The molecular formula is C22H27N3O3. The number of carbonyl (C=O) groups excluding carboxylic acids is 2. The minimum absolute atomic E-state index is 0.00512. The molecule has 0 unspecified atom stereocenters. The fourth-order valence-corrected chi connectivity index (χ4v) is 3.43. The average Bonchev–Trinajstić information content (AvgIpc) is 3.08. The second kappa shape index (κ2) is 9.35. The summed E-state index contributed by atoms with van der Waals surface area (Å²) in [5.41, 5.74) is 1.99. The monoisotopic (exact) mass is 381 g/mol. The smallest absolute Gasteiger partial charge is 0.227 e. The van der Waals surface area contributed by atoms with E-state index in [9.17, 15) is 9.59 Å². The van der Waals surface area contributed by atoms with E-state index >= 15 is 0 Å². The molecule has 2 aromatic rings. The lowest BCUT2D eigenvalue weighted by molar-refractivity contribution is -0.134. The van der Waals surface area contributed by atoms with Gasteiger partial charge in [-0.15, -0.1) is 0 Å². The van der Waals surface area contributed by atoms with Gasteiger partial charge in [-0.25, -0.2) is 0 Å². The van der Waals surface area contributed by atoms with Gasteiger partial charge < -0.3 is 14.5 Å². The Bertz CT molecular complexity index is 810. The summed E-state index contributed by atoms with van der Waals surface area (Å²) in [6.45, 7) is 3.90. The predicted molar refractivity (Wildman–Crippen MR) is 107 cm³/mol. The molecular weight excluding hydrogens is 354 g/mol. The molecule has 0 spiro atoms. The molecule has 3 rings (SSSR count). The van der Waals surface area contributed by atoms with Crippen molar-refractivity contribution in [1.82, 2.24) is 14.8 Å². The number of aryl methyl sites for hydroxylation is 1. The highest BCUT2D eigenvalue weighted by atomic mass is 16.5. The number of pyridine rings is 1. The van der Waals surface area contributed by atoms with Crippen LogP contribution in [0.25, 0.3) is 0 Å². The van der Waals surface area contributed by atoms with Crippen LogP contribution in [0.15, 0.2) is 48.7 Å². The molecule has 28 heavy (non-hydrogen) atoms. The van der Waals surface area contributed by atoms with Crippen molar-refractivity contribution in [3.05, 3.63) is 59.9 Å².